The van der Waals surface area contributed by atoms with Gasteiger partial charge in [0.15, 0.2) is 0 Å². The summed E-state index contributed by atoms with van der Waals surface area (Å²) in [5.41, 5.74) is 0. The van der Waals surface area contributed by atoms with Crippen LogP contribution in [-0.4, -0.2) is 63.2 Å². The number of carbonyl (C=O) groups excluding carboxylic acids is 1. The van der Waals surface area contributed by atoms with Crippen LogP contribution in [0.1, 0.15) is 26.2 Å². The molecule has 1 saturated carbocycles. The molecule has 1 rings (SSSR count). The summed E-state index contributed by atoms with van der Waals surface area (Å²) in [5, 5.41) is 0. The van der Waals surface area contributed by atoms with Crippen molar-refractivity contribution in [1.29, 1.82) is 0 Å². The lowest BCUT2D eigenvalue weighted by Gasteiger charge is -2.39. The molecule has 114 valence electrons. The molecular weight excluding hydrogens is 264 g/mol. The van der Waals surface area contributed by atoms with Crippen LogP contribution in [0.5, 0.6) is 0 Å². The Hall–Kier alpha value is -0.320. The van der Waals surface area contributed by atoms with Crippen molar-refractivity contribution in [2.75, 3.05) is 41.3 Å². The van der Waals surface area contributed by atoms with Gasteiger partial charge in [0.05, 0.1) is 0 Å². The fourth-order valence-electron chi connectivity index (χ4n) is 3.07. The molecule has 0 aromatic heterocycles. The number of esters is 1. The van der Waals surface area contributed by atoms with Gasteiger partial charge in [0.2, 0.25) is 0 Å². The third-order valence-corrected chi connectivity index (χ3v) is 3.58. The van der Waals surface area contributed by atoms with Gasteiger partial charge in [0.1, 0.15) is 6.10 Å². The molecule has 0 heterocycles. The minimum Gasteiger partial charge on any atom is -0.462 e. The second kappa shape index (κ2) is 8.77. The molecule has 0 spiro atoms. The van der Waals surface area contributed by atoms with Crippen LogP contribution in [0.3, 0.4) is 0 Å². The Balaban J connectivity index is 0.00000324. The Kier molecular flexibility index (Phi) is 8.62. The number of hydrogen-bond acceptors (Lipinski definition) is 4. The number of nitrogens with zero attached hydrogens (tertiary/aromatic N) is 2. The minimum atomic E-state index is -0.144. The Bertz CT molecular complexity index is 254. The van der Waals surface area contributed by atoms with Crippen molar-refractivity contribution in [2.24, 2.45) is 11.8 Å². The quantitative estimate of drug-likeness (QED) is 0.725. The first-order valence-electron chi connectivity index (χ1n) is 6.86. The van der Waals surface area contributed by atoms with Crippen molar-refractivity contribution in [3.8, 4) is 0 Å². The van der Waals surface area contributed by atoms with Gasteiger partial charge in [-0.2, -0.15) is 0 Å². The van der Waals surface area contributed by atoms with Gasteiger partial charge in [-0.15, -0.1) is 12.4 Å². The van der Waals surface area contributed by atoms with E-state index in [1.807, 2.05) is 0 Å². The second-order valence-corrected chi connectivity index (χ2v) is 6.05. The zero-order valence-electron chi connectivity index (χ0n) is 12.9. The highest BCUT2D eigenvalue weighted by molar-refractivity contribution is 5.85. The van der Waals surface area contributed by atoms with Gasteiger partial charge in [-0.25, -0.2) is 0 Å². The minimum absolute atomic E-state index is 0. The van der Waals surface area contributed by atoms with Gasteiger partial charge in [-0.05, 0) is 41.0 Å². The van der Waals surface area contributed by atoms with E-state index >= 15 is 0 Å². The molecule has 0 aromatic carbocycles. The lowest BCUT2D eigenvalue weighted by molar-refractivity contribution is -0.156. The summed E-state index contributed by atoms with van der Waals surface area (Å²) in [5.74, 6) is 0.805. The summed E-state index contributed by atoms with van der Waals surface area (Å²) in [6.45, 7) is 3.53. The average Bonchev–Trinajstić information content (AvgIpc) is 2.20. The highest BCUT2D eigenvalue weighted by Gasteiger charge is 2.35. The average molecular weight is 293 g/mol. The topological polar surface area (TPSA) is 32.8 Å². The predicted molar refractivity (Wildman–Crippen MR) is 80.7 cm³/mol. The van der Waals surface area contributed by atoms with Crippen molar-refractivity contribution in [1.82, 2.24) is 9.80 Å². The Labute approximate surface area is 123 Å². The van der Waals surface area contributed by atoms with E-state index in [0.29, 0.717) is 11.8 Å². The Morgan fingerprint density at radius 1 is 1.05 bits per heavy atom. The summed E-state index contributed by atoms with van der Waals surface area (Å²) in [7, 11) is 8.33. The highest BCUT2D eigenvalue weighted by atomic mass is 35.5. The molecule has 4 nitrogen and oxygen atoms in total. The van der Waals surface area contributed by atoms with E-state index in [4.69, 9.17) is 4.74 Å². The molecule has 0 bridgehead atoms. The van der Waals surface area contributed by atoms with Gasteiger partial charge in [-0.1, -0.05) is 6.42 Å². The molecule has 0 radical (unpaired) electrons. The van der Waals surface area contributed by atoms with Crippen LogP contribution in [0.4, 0.5) is 0 Å². The third kappa shape index (κ3) is 6.59. The van der Waals surface area contributed by atoms with Crippen LogP contribution in [0.25, 0.3) is 0 Å². The lowest BCUT2D eigenvalue weighted by Crippen LogP contribution is -2.45. The first-order chi connectivity index (χ1) is 8.40. The molecule has 0 saturated heterocycles. The number of hydrogen-bond donors (Lipinski definition) is 0. The molecule has 0 aromatic rings. The van der Waals surface area contributed by atoms with Crippen LogP contribution in [0.2, 0.25) is 0 Å². The van der Waals surface area contributed by atoms with Gasteiger partial charge >= 0.3 is 5.97 Å². The van der Waals surface area contributed by atoms with Gasteiger partial charge in [0, 0.05) is 31.8 Å². The van der Waals surface area contributed by atoms with Crippen molar-refractivity contribution < 1.29 is 9.53 Å². The monoisotopic (exact) mass is 292 g/mol. The standard InChI is InChI=1S/C14H28N2O2.ClH/c1-11(17)18-14-12(9-15(2)3)7-6-8-13(14)10-16(4)5;/h12-14H,6-10H2,1-5H3;1H. The van der Waals surface area contributed by atoms with Crippen molar-refractivity contribution in [3.05, 3.63) is 0 Å². The van der Waals surface area contributed by atoms with Crippen molar-refractivity contribution >= 4 is 18.4 Å². The second-order valence-electron chi connectivity index (χ2n) is 6.05. The summed E-state index contributed by atoms with van der Waals surface area (Å²) >= 11 is 0. The molecule has 0 amide bonds. The SMILES string of the molecule is CC(=O)OC1C(CN(C)C)CCCC1CN(C)C.Cl. The molecule has 2 atom stereocenters. The lowest BCUT2D eigenvalue weighted by atomic mass is 9.78. The van der Waals surface area contributed by atoms with E-state index in [0.717, 1.165) is 13.1 Å². The van der Waals surface area contributed by atoms with E-state index < -0.39 is 0 Å². The van der Waals surface area contributed by atoms with Crippen LogP contribution >= 0.6 is 12.4 Å². The smallest absolute Gasteiger partial charge is 0.302 e. The van der Waals surface area contributed by atoms with Crippen LogP contribution in [0, 0.1) is 11.8 Å². The molecule has 0 N–H and O–H groups in total. The van der Waals surface area contributed by atoms with Gasteiger partial charge in [0.25, 0.3) is 0 Å². The summed E-state index contributed by atoms with van der Waals surface area (Å²) in [4.78, 5) is 15.7. The summed E-state index contributed by atoms with van der Waals surface area (Å²) in [6, 6.07) is 0. The largest absolute Gasteiger partial charge is 0.462 e. The van der Waals surface area contributed by atoms with Crippen LogP contribution < -0.4 is 0 Å². The van der Waals surface area contributed by atoms with Crippen molar-refractivity contribution in [3.63, 3.8) is 0 Å². The fraction of sp³-hybridized carbons (Fsp3) is 0.929. The third-order valence-electron chi connectivity index (χ3n) is 3.58. The Morgan fingerprint density at radius 2 is 1.47 bits per heavy atom. The maximum atomic E-state index is 11.3. The maximum Gasteiger partial charge on any atom is 0.302 e. The molecule has 0 aliphatic heterocycles. The molecule has 1 aliphatic carbocycles. The number of carbonyl (C=O) groups is 1. The molecule has 1 fully saturated rings. The van der Waals surface area contributed by atoms with Crippen LogP contribution in [-0.2, 0) is 9.53 Å². The molecule has 5 heteroatoms. The van der Waals surface area contributed by atoms with E-state index in [2.05, 4.69) is 38.0 Å². The van der Waals surface area contributed by atoms with E-state index in [1.165, 1.54) is 26.2 Å². The highest BCUT2D eigenvalue weighted by Crippen LogP contribution is 2.32. The molecule has 19 heavy (non-hydrogen) atoms. The first kappa shape index (κ1) is 18.7. The normalized spacial score (nSPS) is 27.2. The molecule has 1 aliphatic rings. The first-order valence-corrected chi connectivity index (χ1v) is 6.86. The van der Waals surface area contributed by atoms with Crippen LogP contribution in [0.15, 0.2) is 0 Å². The van der Waals surface area contributed by atoms with Gasteiger partial charge < -0.3 is 14.5 Å². The number of rotatable bonds is 5. The fourth-order valence-corrected chi connectivity index (χ4v) is 3.07. The van der Waals surface area contributed by atoms with Gasteiger partial charge in [-0.3, -0.25) is 4.79 Å². The molecule has 2 unspecified atom stereocenters. The summed E-state index contributed by atoms with van der Waals surface area (Å²) < 4.78 is 5.63. The predicted octanol–water partition coefficient (Wildman–Crippen LogP) is 1.88. The zero-order valence-corrected chi connectivity index (χ0v) is 13.7. The zero-order chi connectivity index (χ0) is 13.7. The number of halogens is 1. The number of ether oxygens (including phenoxy) is 1. The maximum absolute atomic E-state index is 11.3. The van der Waals surface area contributed by atoms with E-state index in [-0.39, 0.29) is 24.5 Å². The molecular formula is C14H29ClN2O2. The van der Waals surface area contributed by atoms with Crippen molar-refractivity contribution in [2.45, 2.75) is 32.3 Å². The van der Waals surface area contributed by atoms with E-state index in [9.17, 15) is 4.79 Å². The summed E-state index contributed by atoms with van der Waals surface area (Å²) in [6.07, 6.45) is 3.66. The Morgan fingerprint density at radius 3 is 1.79 bits per heavy atom. The van der Waals surface area contributed by atoms with E-state index in [1.54, 1.807) is 0 Å².